The van der Waals surface area contributed by atoms with Crippen LogP contribution in [0.4, 0.5) is 0 Å². The molecule has 3 rings (SSSR count). The van der Waals surface area contributed by atoms with Gasteiger partial charge in [-0.3, -0.25) is 4.79 Å². The Balaban J connectivity index is 2.10. The molecule has 0 N–H and O–H groups in total. The molecule has 0 aliphatic heterocycles. The minimum atomic E-state index is -0.393. The highest BCUT2D eigenvalue weighted by atomic mass is 35.5. The van der Waals surface area contributed by atoms with E-state index in [1.807, 2.05) is 28.8 Å². The maximum atomic E-state index is 12.4. The highest BCUT2D eigenvalue weighted by molar-refractivity contribution is 7.20. The molecule has 2 heterocycles. The number of aromatic nitrogens is 1. The molecule has 1 aromatic carbocycles. The summed E-state index contributed by atoms with van der Waals surface area (Å²) in [6, 6.07) is 9.47. The maximum Gasteiger partial charge on any atom is 0.282 e. The van der Waals surface area contributed by atoms with Crippen molar-refractivity contribution in [1.29, 1.82) is 0 Å². The minimum absolute atomic E-state index is 0.331. The van der Waals surface area contributed by atoms with E-state index >= 15 is 0 Å². The zero-order chi connectivity index (χ0) is 16.4. The lowest BCUT2D eigenvalue weighted by Crippen LogP contribution is -2.19. The number of ether oxygens (including phenoxy) is 1. The Morgan fingerprint density at radius 1 is 1.30 bits per heavy atom. The fourth-order valence-electron chi connectivity index (χ4n) is 2.14. The molecule has 8 heteroatoms. The van der Waals surface area contributed by atoms with E-state index in [-0.39, 0.29) is 0 Å². The summed E-state index contributed by atoms with van der Waals surface area (Å²) in [7, 11) is 1.64. The maximum absolute atomic E-state index is 12.4. The summed E-state index contributed by atoms with van der Waals surface area (Å²) < 4.78 is 9.01. The number of rotatable bonds is 4. The number of carbonyl (C=O) groups is 1. The average molecular weight is 387 g/mol. The zero-order valence-corrected chi connectivity index (χ0v) is 15.2. The average Bonchev–Trinajstić information content (AvgIpc) is 3.04. The van der Waals surface area contributed by atoms with Crippen LogP contribution in [0.1, 0.15) is 10.4 Å². The van der Waals surface area contributed by atoms with Crippen LogP contribution in [-0.2, 0) is 11.3 Å². The largest absolute Gasteiger partial charge is 0.383 e. The van der Waals surface area contributed by atoms with Crippen LogP contribution in [0.3, 0.4) is 0 Å². The van der Waals surface area contributed by atoms with E-state index in [0.717, 1.165) is 21.6 Å². The highest BCUT2D eigenvalue weighted by Gasteiger charge is 2.14. The smallest absolute Gasteiger partial charge is 0.282 e. The summed E-state index contributed by atoms with van der Waals surface area (Å²) >= 11 is 14.6. The number of thiophene rings is 1. The van der Waals surface area contributed by atoms with Crippen molar-refractivity contribution in [1.82, 2.24) is 4.57 Å². The van der Waals surface area contributed by atoms with Crippen molar-refractivity contribution in [2.24, 2.45) is 4.99 Å². The molecule has 0 aliphatic rings. The van der Waals surface area contributed by atoms with Crippen LogP contribution in [-0.4, -0.2) is 24.2 Å². The van der Waals surface area contributed by atoms with Gasteiger partial charge in [-0.2, -0.15) is 4.99 Å². The van der Waals surface area contributed by atoms with Crippen LogP contribution >= 0.6 is 45.9 Å². The van der Waals surface area contributed by atoms with Crippen LogP contribution in [0, 0.1) is 0 Å². The molecular formula is C15H12Cl2N2O2S2. The molecule has 23 heavy (non-hydrogen) atoms. The normalized spacial score (nSPS) is 12.2. The number of fused-ring (bicyclic) bond motifs is 1. The highest BCUT2D eigenvalue weighted by Crippen LogP contribution is 2.31. The van der Waals surface area contributed by atoms with Gasteiger partial charge in [0.2, 0.25) is 0 Å². The fourth-order valence-corrected chi connectivity index (χ4v) is 4.64. The Hall–Kier alpha value is -1.18. The number of para-hydroxylation sites is 1. The van der Waals surface area contributed by atoms with Crippen LogP contribution in [0.25, 0.3) is 10.2 Å². The number of methoxy groups -OCH3 is 1. The number of hydrogen-bond donors (Lipinski definition) is 0. The second-order valence-electron chi connectivity index (χ2n) is 4.65. The lowest BCUT2D eigenvalue weighted by molar-refractivity contribution is 0.0998. The molecule has 2 aromatic heterocycles. The van der Waals surface area contributed by atoms with Crippen LogP contribution < -0.4 is 4.80 Å². The van der Waals surface area contributed by atoms with Crippen LogP contribution in [0.15, 0.2) is 35.3 Å². The monoisotopic (exact) mass is 386 g/mol. The van der Waals surface area contributed by atoms with E-state index in [1.165, 1.54) is 11.3 Å². The lowest BCUT2D eigenvalue weighted by atomic mass is 10.3. The van der Waals surface area contributed by atoms with Gasteiger partial charge in [0.1, 0.15) is 4.34 Å². The van der Waals surface area contributed by atoms with E-state index in [2.05, 4.69) is 4.99 Å². The summed E-state index contributed by atoms with van der Waals surface area (Å²) in [6.07, 6.45) is 0. The fraction of sp³-hybridized carbons (Fsp3) is 0.200. The third kappa shape index (κ3) is 3.51. The number of nitrogens with zero attached hydrogens (tertiary/aromatic N) is 2. The second kappa shape index (κ2) is 7.15. The first-order valence-electron chi connectivity index (χ1n) is 6.71. The molecule has 0 atom stereocenters. The van der Waals surface area contributed by atoms with E-state index < -0.39 is 5.91 Å². The summed E-state index contributed by atoms with van der Waals surface area (Å²) in [5, 5.41) is 0. The molecule has 1 amide bonds. The van der Waals surface area contributed by atoms with Gasteiger partial charge in [0.15, 0.2) is 4.80 Å². The molecule has 0 saturated heterocycles. The van der Waals surface area contributed by atoms with Gasteiger partial charge < -0.3 is 9.30 Å². The third-order valence-corrected chi connectivity index (χ3v) is 5.74. The number of halogens is 2. The van der Waals surface area contributed by atoms with E-state index in [9.17, 15) is 4.79 Å². The van der Waals surface area contributed by atoms with Gasteiger partial charge in [-0.05, 0) is 18.2 Å². The molecule has 0 unspecified atom stereocenters. The first-order valence-corrected chi connectivity index (χ1v) is 9.10. The Kier molecular flexibility index (Phi) is 5.18. The first-order chi connectivity index (χ1) is 11.1. The summed E-state index contributed by atoms with van der Waals surface area (Å²) in [5.74, 6) is -0.393. The SMILES string of the molecule is COCCn1c(=NC(=O)c2cc(Cl)sc2Cl)sc2ccccc21. The number of benzene rings is 1. The van der Waals surface area contributed by atoms with Crippen molar-refractivity contribution in [3.05, 3.63) is 49.4 Å². The van der Waals surface area contributed by atoms with Crippen molar-refractivity contribution in [2.75, 3.05) is 13.7 Å². The number of carbonyl (C=O) groups excluding carboxylic acids is 1. The van der Waals surface area contributed by atoms with Gasteiger partial charge in [-0.25, -0.2) is 0 Å². The standard InChI is InChI=1S/C15H12Cl2N2O2S2/c1-21-7-6-19-10-4-2-3-5-11(10)22-15(19)18-14(20)9-8-12(16)23-13(9)17/h2-5,8H,6-7H2,1H3. The number of thiazole rings is 1. The van der Waals surface area contributed by atoms with Gasteiger partial charge in [0.05, 0.1) is 26.7 Å². The molecule has 0 radical (unpaired) electrons. The van der Waals surface area contributed by atoms with E-state index in [1.54, 1.807) is 13.2 Å². The summed E-state index contributed by atoms with van der Waals surface area (Å²) in [5.41, 5.74) is 1.35. The third-order valence-electron chi connectivity index (χ3n) is 3.19. The first kappa shape index (κ1) is 16.7. The number of amides is 1. The molecule has 3 aromatic rings. The lowest BCUT2D eigenvalue weighted by Gasteiger charge is -2.03. The molecule has 0 fully saturated rings. The van der Waals surface area contributed by atoms with E-state index in [0.29, 0.717) is 32.2 Å². The second-order valence-corrected chi connectivity index (χ2v) is 7.95. The number of hydrogen-bond acceptors (Lipinski definition) is 4. The van der Waals surface area contributed by atoms with Crippen molar-refractivity contribution in [3.63, 3.8) is 0 Å². The van der Waals surface area contributed by atoms with Crippen molar-refractivity contribution in [3.8, 4) is 0 Å². The van der Waals surface area contributed by atoms with Crippen molar-refractivity contribution < 1.29 is 9.53 Å². The quantitative estimate of drug-likeness (QED) is 0.664. The summed E-state index contributed by atoms with van der Waals surface area (Å²) in [6.45, 7) is 1.15. The Bertz CT molecular complexity index is 927. The van der Waals surface area contributed by atoms with Gasteiger partial charge in [-0.1, -0.05) is 46.7 Å². The Labute approximate surface area is 150 Å². The predicted octanol–water partition coefficient (Wildman–Crippen LogP) is 4.46. The van der Waals surface area contributed by atoms with Crippen LogP contribution in [0.5, 0.6) is 0 Å². The molecule has 0 saturated carbocycles. The van der Waals surface area contributed by atoms with Gasteiger partial charge >= 0.3 is 0 Å². The van der Waals surface area contributed by atoms with Crippen molar-refractivity contribution >= 4 is 62.0 Å². The van der Waals surface area contributed by atoms with Gasteiger partial charge in [0.25, 0.3) is 5.91 Å². The van der Waals surface area contributed by atoms with E-state index in [4.69, 9.17) is 27.9 Å². The molecule has 0 aliphatic carbocycles. The predicted molar refractivity (Wildman–Crippen MR) is 95.9 cm³/mol. The molecule has 0 spiro atoms. The molecule has 120 valence electrons. The summed E-state index contributed by atoms with van der Waals surface area (Å²) in [4.78, 5) is 17.3. The van der Waals surface area contributed by atoms with Gasteiger partial charge in [0, 0.05) is 13.7 Å². The van der Waals surface area contributed by atoms with Gasteiger partial charge in [-0.15, -0.1) is 11.3 Å². The topological polar surface area (TPSA) is 43.6 Å². The van der Waals surface area contributed by atoms with Crippen LogP contribution in [0.2, 0.25) is 8.67 Å². The Morgan fingerprint density at radius 2 is 2.09 bits per heavy atom. The Morgan fingerprint density at radius 3 is 2.78 bits per heavy atom. The zero-order valence-electron chi connectivity index (χ0n) is 12.1. The molecule has 4 nitrogen and oxygen atoms in total. The van der Waals surface area contributed by atoms with Crippen molar-refractivity contribution in [2.45, 2.75) is 6.54 Å². The molecular weight excluding hydrogens is 375 g/mol. The molecule has 0 bridgehead atoms. The minimum Gasteiger partial charge on any atom is -0.383 e.